The van der Waals surface area contributed by atoms with Gasteiger partial charge in [-0.25, -0.2) is 0 Å². The number of nitrogen functional groups attached to an aromatic ring is 1. The fourth-order valence-corrected chi connectivity index (χ4v) is 2.60. The zero-order valence-electron chi connectivity index (χ0n) is 8.56. The molecule has 0 aliphatic carbocycles. The standard InChI is InChI=1S/C11H13BrN2/c1-6-7(2)14(3)11-9(6)4-8(13)5-10(11)12/h4-5H,13H2,1-3H3. The molecule has 0 aliphatic rings. The number of benzene rings is 1. The molecule has 0 radical (unpaired) electrons. The molecule has 0 bridgehead atoms. The van der Waals surface area contributed by atoms with E-state index in [1.807, 2.05) is 12.1 Å². The molecule has 2 N–H and O–H groups in total. The lowest BCUT2D eigenvalue weighted by molar-refractivity contribution is 0.908. The number of aromatic nitrogens is 1. The Morgan fingerprint density at radius 2 is 1.93 bits per heavy atom. The minimum absolute atomic E-state index is 0.804. The first-order chi connectivity index (χ1) is 6.52. The smallest absolute Gasteiger partial charge is 0.0628 e. The van der Waals surface area contributed by atoms with Crippen LogP contribution in [0.5, 0.6) is 0 Å². The van der Waals surface area contributed by atoms with Crippen LogP contribution in [0.3, 0.4) is 0 Å². The van der Waals surface area contributed by atoms with Gasteiger partial charge < -0.3 is 10.3 Å². The van der Waals surface area contributed by atoms with Crippen LogP contribution in [0.1, 0.15) is 11.3 Å². The maximum absolute atomic E-state index is 5.81. The lowest BCUT2D eigenvalue weighted by atomic mass is 10.1. The van der Waals surface area contributed by atoms with E-state index in [2.05, 4.69) is 41.4 Å². The topological polar surface area (TPSA) is 30.9 Å². The number of anilines is 1. The average molecular weight is 253 g/mol. The molecular formula is C11H13BrN2. The number of fused-ring (bicyclic) bond motifs is 1. The van der Waals surface area contributed by atoms with Crippen molar-refractivity contribution in [1.82, 2.24) is 4.57 Å². The van der Waals surface area contributed by atoms with E-state index in [1.54, 1.807) is 0 Å². The van der Waals surface area contributed by atoms with Crippen LogP contribution >= 0.6 is 15.9 Å². The Kier molecular flexibility index (Phi) is 2.07. The van der Waals surface area contributed by atoms with E-state index in [0.29, 0.717) is 0 Å². The lowest BCUT2D eigenvalue weighted by Crippen LogP contribution is -1.91. The number of aryl methyl sites for hydroxylation is 2. The Hall–Kier alpha value is -0.960. The summed E-state index contributed by atoms with van der Waals surface area (Å²) in [7, 11) is 2.08. The molecule has 0 fully saturated rings. The molecule has 0 spiro atoms. The second kappa shape index (κ2) is 3.02. The number of rotatable bonds is 0. The van der Waals surface area contributed by atoms with Crippen molar-refractivity contribution in [1.29, 1.82) is 0 Å². The van der Waals surface area contributed by atoms with Crippen LogP contribution in [-0.2, 0) is 7.05 Å². The molecule has 2 nitrogen and oxygen atoms in total. The Balaban J connectivity index is 3.02. The summed E-state index contributed by atoms with van der Waals surface area (Å²) in [5.41, 5.74) is 10.4. The van der Waals surface area contributed by atoms with Crippen molar-refractivity contribution in [3.05, 3.63) is 27.9 Å². The Bertz CT molecular complexity index is 512. The predicted octanol–water partition coefficient (Wildman–Crippen LogP) is 3.14. The number of hydrogen-bond acceptors (Lipinski definition) is 1. The molecule has 0 amide bonds. The summed E-state index contributed by atoms with van der Waals surface area (Å²) in [5, 5.41) is 1.23. The molecule has 1 aromatic carbocycles. The summed E-state index contributed by atoms with van der Waals surface area (Å²) in [6, 6.07) is 3.98. The van der Waals surface area contributed by atoms with E-state index in [-0.39, 0.29) is 0 Å². The first-order valence-corrected chi connectivity index (χ1v) is 5.32. The number of hydrogen-bond donors (Lipinski definition) is 1. The molecule has 1 heterocycles. The van der Waals surface area contributed by atoms with Gasteiger partial charge in [-0.2, -0.15) is 0 Å². The predicted molar refractivity (Wildman–Crippen MR) is 64.5 cm³/mol. The van der Waals surface area contributed by atoms with Crippen molar-refractivity contribution in [2.24, 2.45) is 7.05 Å². The van der Waals surface area contributed by atoms with Crippen LogP contribution in [0.25, 0.3) is 10.9 Å². The van der Waals surface area contributed by atoms with E-state index in [1.165, 1.54) is 22.2 Å². The van der Waals surface area contributed by atoms with E-state index < -0.39 is 0 Å². The SMILES string of the molecule is Cc1c(C)n(C)c2c(Br)cc(N)cc12. The van der Waals surface area contributed by atoms with Crippen LogP contribution in [0, 0.1) is 13.8 Å². The van der Waals surface area contributed by atoms with Crippen molar-refractivity contribution in [2.75, 3.05) is 5.73 Å². The first-order valence-electron chi connectivity index (χ1n) is 4.53. The maximum atomic E-state index is 5.81. The van der Waals surface area contributed by atoms with Crippen molar-refractivity contribution >= 4 is 32.5 Å². The Morgan fingerprint density at radius 3 is 2.57 bits per heavy atom. The van der Waals surface area contributed by atoms with Gasteiger partial charge in [0.15, 0.2) is 0 Å². The van der Waals surface area contributed by atoms with Crippen LogP contribution < -0.4 is 5.73 Å². The molecule has 2 aromatic rings. The van der Waals surface area contributed by atoms with Gasteiger partial charge >= 0.3 is 0 Å². The highest BCUT2D eigenvalue weighted by Crippen LogP contribution is 2.32. The van der Waals surface area contributed by atoms with Crippen LogP contribution in [-0.4, -0.2) is 4.57 Å². The quantitative estimate of drug-likeness (QED) is 0.718. The molecule has 74 valence electrons. The fourth-order valence-electron chi connectivity index (χ4n) is 1.86. The van der Waals surface area contributed by atoms with Gasteiger partial charge in [0.05, 0.1) is 5.52 Å². The maximum Gasteiger partial charge on any atom is 0.0628 e. The third-order valence-electron chi connectivity index (χ3n) is 2.87. The number of nitrogens with two attached hydrogens (primary N) is 1. The first kappa shape index (κ1) is 9.59. The van der Waals surface area contributed by atoms with Gasteiger partial charge in [-0.15, -0.1) is 0 Å². The molecule has 1 aromatic heterocycles. The normalized spacial score (nSPS) is 11.1. The fraction of sp³-hybridized carbons (Fsp3) is 0.273. The molecule has 0 atom stereocenters. The molecule has 0 saturated carbocycles. The summed E-state index contributed by atoms with van der Waals surface area (Å²) in [6.07, 6.45) is 0. The lowest BCUT2D eigenvalue weighted by Gasteiger charge is -2.02. The minimum atomic E-state index is 0.804. The third-order valence-corrected chi connectivity index (χ3v) is 3.48. The van der Waals surface area contributed by atoms with Crippen molar-refractivity contribution in [3.63, 3.8) is 0 Å². The summed E-state index contributed by atoms with van der Waals surface area (Å²) >= 11 is 3.55. The Morgan fingerprint density at radius 1 is 1.29 bits per heavy atom. The van der Waals surface area contributed by atoms with E-state index >= 15 is 0 Å². The van der Waals surface area contributed by atoms with Crippen LogP contribution in [0.15, 0.2) is 16.6 Å². The van der Waals surface area contributed by atoms with Crippen molar-refractivity contribution in [3.8, 4) is 0 Å². The van der Waals surface area contributed by atoms with Gasteiger partial charge in [0.25, 0.3) is 0 Å². The van der Waals surface area contributed by atoms with Crippen LogP contribution in [0.4, 0.5) is 5.69 Å². The van der Waals surface area contributed by atoms with Gasteiger partial charge in [-0.05, 0) is 47.5 Å². The van der Waals surface area contributed by atoms with Crippen LogP contribution in [0.2, 0.25) is 0 Å². The van der Waals surface area contributed by atoms with Crippen molar-refractivity contribution in [2.45, 2.75) is 13.8 Å². The third kappa shape index (κ3) is 1.16. The number of nitrogens with zero attached hydrogens (tertiary/aromatic N) is 1. The highest BCUT2D eigenvalue weighted by molar-refractivity contribution is 9.10. The van der Waals surface area contributed by atoms with Gasteiger partial charge in [0.2, 0.25) is 0 Å². The molecule has 3 heteroatoms. The molecular weight excluding hydrogens is 240 g/mol. The summed E-state index contributed by atoms with van der Waals surface area (Å²) in [6.45, 7) is 4.25. The number of halogens is 1. The van der Waals surface area contributed by atoms with E-state index in [4.69, 9.17) is 5.73 Å². The second-order valence-electron chi connectivity index (χ2n) is 3.67. The van der Waals surface area contributed by atoms with Crippen molar-refractivity contribution < 1.29 is 0 Å². The van der Waals surface area contributed by atoms with Gasteiger partial charge in [-0.3, -0.25) is 0 Å². The molecule has 14 heavy (non-hydrogen) atoms. The largest absolute Gasteiger partial charge is 0.399 e. The van der Waals surface area contributed by atoms with Gasteiger partial charge in [-0.1, -0.05) is 0 Å². The zero-order valence-corrected chi connectivity index (χ0v) is 10.1. The molecule has 2 rings (SSSR count). The monoisotopic (exact) mass is 252 g/mol. The highest BCUT2D eigenvalue weighted by atomic mass is 79.9. The van der Waals surface area contributed by atoms with Gasteiger partial charge in [0.1, 0.15) is 0 Å². The average Bonchev–Trinajstić information content (AvgIpc) is 2.31. The summed E-state index contributed by atoms with van der Waals surface area (Å²) in [5.74, 6) is 0. The second-order valence-corrected chi connectivity index (χ2v) is 4.52. The zero-order chi connectivity index (χ0) is 10.5. The molecule has 0 unspecified atom stereocenters. The summed E-state index contributed by atoms with van der Waals surface area (Å²) in [4.78, 5) is 0. The summed E-state index contributed by atoms with van der Waals surface area (Å²) < 4.78 is 3.25. The Labute approximate surface area is 91.8 Å². The van der Waals surface area contributed by atoms with E-state index in [9.17, 15) is 0 Å². The molecule has 0 saturated heterocycles. The van der Waals surface area contributed by atoms with E-state index in [0.717, 1.165) is 10.2 Å². The minimum Gasteiger partial charge on any atom is -0.399 e. The highest BCUT2D eigenvalue weighted by Gasteiger charge is 2.11. The molecule has 0 aliphatic heterocycles. The van der Waals surface area contributed by atoms with Gasteiger partial charge in [0, 0.05) is 28.3 Å².